The number of halogens is 4. The van der Waals surface area contributed by atoms with Gasteiger partial charge < -0.3 is 14.6 Å². The Kier molecular flexibility index (Phi) is 6.59. The van der Waals surface area contributed by atoms with Gasteiger partial charge in [-0.05, 0) is 43.7 Å². The molecule has 13 heteroatoms. The van der Waals surface area contributed by atoms with Crippen LogP contribution in [0.5, 0.6) is 17.5 Å². The lowest BCUT2D eigenvalue weighted by Crippen LogP contribution is -2.44. The highest BCUT2D eigenvalue weighted by Crippen LogP contribution is 2.30. The van der Waals surface area contributed by atoms with Crippen LogP contribution in [-0.4, -0.2) is 35.8 Å². The van der Waals surface area contributed by atoms with E-state index in [0.717, 1.165) is 21.3 Å². The van der Waals surface area contributed by atoms with Gasteiger partial charge >= 0.3 is 18.1 Å². The number of fused-ring (bicyclic) bond motifs is 1. The first-order valence-corrected chi connectivity index (χ1v) is 10.9. The van der Waals surface area contributed by atoms with E-state index in [-0.39, 0.29) is 36.0 Å². The van der Waals surface area contributed by atoms with Gasteiger partial charge in [0.2, 0.25) is 0 Å². The average molecular weight is 522 g/mol. The minimum Gasteiger partial charge on any atom is -0.425 e. The summed E-state index contributed by atoms with van der Waals surface area (Å²) in [6, 6.07) is 9.87. The fraction of sp³-hybridized carbons (Fsp3) is 0.292. The van der Waals surface area contributed by atoms with Gasteiger partial charge in [-0.1, -0.05) is 18.2 Å². The summed E-state index contributed by atoms with van der Waals surface area (Å²) in [6.45, 7) is 2.50. The molecule has 9 nitrogen and oxygen atoms in total. The molecule has 0 unspecified atom stereocenters. The van der Waals surface area contributed by atoms with Crippen LogP contribution in [-0.2, 0) is 20.1 Å². The Balaban J connectivity index is 1.90. The molecule has 4 aromatic rings. The van der Waals surface area contributed by atoms with E-state index in [9.17, 15) is 32.3 Å². The molecule has 37 heavy (non-hydrogen) atoms. The highest BCUT2D eigenvalue weighted by Gasteiger charge is 2.31. The van der Waals surface area contributed by atoms with Crippen molar-refractivity contribution in [2.45, 2.75) is 38.9 Å². The monoisotopic (exact) mass is 522 g/mol. The van der Waals surface area contributed by atoms with Crippen LogP contribution < -0.4 is 20.7 Å². The highest BCUT2D eigenvalue weighted by atomic mass is 19.4. The maximum atomic E-state index is 13.5. The van der Waals surface area contributed by atoms with Crippen LogP contribution in [0.1, 0.15) is 19.4 Å². The minimum atomic E-state index is -4.92. The minimum absolute atomic E-state index is 0.0539. The van der Waals surface area contributed by atoms with E-state index in [2.05, 4.69) is 9.72 Å². The van der Waals surface area contributed by atoms with Crippen LogP contribution in [0.2, 0.25) is 0 Å². The van der Waals surface area contributed by atoms with Gasteiger partial charge in [0.25, 0.3) is 5.56 Å². The summed E-state index contributed by atoms with van der Waals surface area (Å²) < 4.78 is 64.4. The van der Waals surface area contributed by atoms with Gasteiger partial charge in [-0.3, -0.25) is 18.5 Å². The number of aromatic nitrogens is 4. The molecule has 0 fully saturated rings. The SMILES string of the molecule is Cn1c(=O)n(CC(C)(C)O)c(=O)c2c1nc(Oc1cccc(OC(F)(F)F)c1)n2Cc1ccc(F)cc1. The fourth-order valence-electron chi connectivity index (χ4n) is 3.72. The highest BCUT2D eigenvalue weighted by molar-refractivity contribution is 5.72. The van der Waals surface area contributed by atoms with E-state index >= 15 is 0 Å². The van der Waals surface area contributed by atoms with E-state index in [4.69, 9.17) is 4.74 Å². The second-order valence-corrected chi connectivity index (χ2v) is 8.95. The molecule has 0 spiro atoms. The van der Waals surface area contributed by atoms with Crippen molar-refractivity contribution in [3.05, 3.63) is 80.7 Å². The Hall–Kier alpha value is -4.13. The molecule has 2 heterocycles. The van der Waals surface area contributed by atoms with Crippen molar-refractivity contribution in [3.8, 4) is 17.5 Å². The third-order valence-corrected chi connectivity index (χ3v) is 5.24. The van der Waals surface area contributed by atoms with Crippen LogP contribution in [0.3, 0.4) is 0 Å². The molecular formula is C24H22F4N4O5. The third kappa shape index (κ3) is 5.82. The summed E-state index contributed by atoms with van der Waals surface area (Å²) in [7, 11) is 1.38. The second kappa shape index (κ2) is 9.39. The number of nitrogens with zero attached hydrogens (tertiary/aromatic N) is 4. The van der Waals surface area contributed by atoms with E-state index < -0.39 is 34.8 Å². The Morgan fingerprint density at radius 3 is 2.27 bits per heavy atom. The predicted octanol–water partition coefficient (Wildman–Crippen LogP) is 3.55. The molecule has 0 aliphatic rings. The summed E-state index contributed by atoms with van der Waals surface area (Å²) >= 11 is 0. The maximum absolute atomic E-state index is 13.5. The van der Waals surface area contributed by atoms with Crippen molar-refractivity contribution in [3.63, 3.8) is 0 Å². The molecule has 0 aliphatic heterocycles. The molecule has 2 aromatic heterocycles. The summed E-state index contributed by atoms with van der Waals surface area (Å²) in [6.07, 6.45) is -4.92. The van der Waals surface area contributed by atoms with E-state index in [1.807, 2.05) is 0 Å². The number of alkyl halides is 3. The van der Waals surface area contributed by atoms with E-state index in [1.54, 1.807) is 0 Å². The quantitative estimate of drug-likeness (QED) is 0.373. The first-order valence-electron chi connectivity index (χ1n) is 10.9. The lowest BCUT2D eigenvalue weighted by atomic mass is 10.1. The number of ether oxygens (including phenoxy) is 2. The van der Waals surface area contributed by atoms with Gasteiger partial charge in [0.15, 0.2) is 11.2 Å². The zero-order valence-corrected chi connectivity index (χ0v) is 19.9. The normalized spacial score (nSPS) is 12.2. The maximum Gasteiger partial charge on any atom is 0.573 e. The molecule has 196 valence electrons. The van der Waals surface area contributed by atoms with Gasteiger partial charge in [-0.2, -0.15) is 4.98 Å². The molecule has 0 saturated carbocycles. The van der Waals surface area contributed by atoms with Gasteiger partial charge in [-0.15, -0.1) is 13.2 Å². The van der Waals surface area contributed by atoms with E-state index in [1.165, 1.54) is 61.9 Å². The number of imidazole rings is 1. The van der Waals surface area contributed by atoms with Crippen molar-refractivity contribution >= 4 is 11.2 Å². The first-order chi connectivity index (χ1) is 17.2. The van der Waals surface area contributed by atoms with Crippen molar-refractivity contribution in [2.24, 2.45) is 7.05 Å². The summed E-state index contributed by atoms with van der Waals surface area (Å²) in [5.74, 6) is -1.10. The molecule has 0 amide bonds. The Morgan fingerprint density at radius 1 is 1.00 bits per heavy atom. The number of aryl methyl sites for hydroxylation is 1. The molecule has 2 aromatic carbocycles. The Morgan fingerprint density at radius 2 is 1.65 bits per heavy atom. The number of hydrogen-bond acceptors (Lipinski definition) is 6. The lowest BCUT2D eigenvalue weighted by Gasteiger charge is -2.18. The molecule has 0 saturated heterocycles. The fourth-order valence-corrected chi connectivity index (χ4v) is 3.72. The number of hydrogen-bond donors (Lipinski definition) is 1. The van der Waals surface area contributed by atoms with Crippen LogP contribution >= 0.6 is 0 Å². The average Bonchev–Trinajstić information content (AvgIpc) is 3.13. The van der Waals surface area contributed by atoms with Crippen molar-refractivity contribution in [2.75, 3.05) is 0 Å². The molecule has 0 atom stereocenters. The molecule has 4 rings (SSSR count). The van der Waals surface area contributed by atoms with Crippen LogP contribution in [0.25, 0.3) is 11.2 Å². The molecule has 1 N–H and O–H groups in total. The van der Waals surface area contributed by atoms with Gasteiger partial charge in [0.05, 0.1) is 18.7 Å². The van der Waals surface area contributed by atoms with Crippen molar-refractivity contribution < 1.29 is 32.1 Å². The Labute approximate surface area is 206 Å². The van der Waals surface area contributed by atoms with Gasteiger partial charge in [0, 0.05) is 13.1 Å². The summed E-state index contributed by atoms with van der Waals surface area (Å²) in [5.41, 5.74) is -2.47. The van der Waals surface area contributed by atoms with Gasteiger partial charge in [-0.25, -0.2) is 9.18 Å². The number of benzene rings is 2. The molecule has 0 aliphatic carbocycles. The zero-order valence-electron chi connectivity index (χ0n) is 19.9. The molecule has 0 bridgehead atoms. The zero-order chi connectivity index (χ0) is 27.1. The second-order valence-electron chi connectivity index (χ2n) is 8.95. The largest absolute Gasteiger partial charge is 0.573 e. The van der Waals surface area contributed by atoms with E-state index in [0.29, 0.717) is 5.56 Å². The van der Waals surface area contributed by atoms with Gasteiger partial charge in [0.1, 0.15) is 17.3 Å². The topological polar surface area (TPSA) is 101 Å². The van der Waals surface area contributed by atoms with Crippen LogP contribution in [0.4, 0.5) is 17.6 Å². The third-order valence-electron chi connectivity index (χ3n) is 5.24. The standard InChI is InChI=1S/C24H22F4N4O5/c1-23(2,35)13-32-20(33)18-19(30(3)22(32)34)29-21(31(18)12-14-7-9-15(25)10-8-14)36-16-5-4-6-17(11-16)37-24(26,27)28/h4-11,35H,12-13H2,1-3H3. The predicted molar refractivity (Wildman–Crippen MR) is 124 cm³/mol. The summed E-state index contributed by atoms with van der Waals surface area (Å²) in [4.78, 5) is 30.6. The molecule has 0 radical (unpaired) electrons. The summed E-state index contributed by atoms with van der Waals surface area (Å²) in [5, 5.41) is 10.2. The van der Waals surface area contributed by atoms with Crippen LogP contribution in [0.15, 0.2) is 58.1 Å². The number of aliphatic hydroxyl groups is 1. The van der Waals surface area contributed by atoms with Crippen LogP contribution in [0, 0.1) is 5.82 Å². The smallest absolute Gasteiger partial charge is 0.425 e. The molecular weight excluding hydrogens is 500 g/mol. The lowest BCUT2D eigenvalue weighted by molar-refractivity contribution is -0.274. The van der Waals surface area contributed by atoms with Crippen molar-refractivity contribution in [1.82, 2.24) is 18.7 Å². The Bertz CT molecular complexity index is 1560. The van der Waals surface area contributed by atoms with Crippen molar-refractivity contribution in [1.29, 1.82) is 0 Å². The first kappa shape index (κ1) is 25.9. The number of rotatable bonds is 7.